The zero-order valence-electron chi connectivity index (χ0n) is 20.9. The van der Waals surface area contributed by atoms with E-state index in [9.17, 15) is 24.3 Å². The third-order valence-electron chi connectivity index (χ3n) is 7.25. The molecule has 1 aromatic heterocycles. The summed E-state index contributed by atoms with van der Waals surface area (Å²) in [4.78, 5) is 27.7. The predicted molar refractivity (Wildman–Crippen MR) is 138 cm³/mol. The summed E-state index contributed by atoms with van der Waals surface area (Å²) in [5, 5.41) is 27.1. The highest BCUT2D eigenvalue weighted by Crippen LogP contribution is 2.26. The number of aromatic nitrogens is 2. The van der Waals surface area contributed by atoms with Gasteiger partial charge in [0.05, 0.1) is 17.5 Å². The van der Waals surface area contributed by atoms with Crippen LogP contribution in [0.2, 0.25) is 0 Å². The van der Waals surface area contributed by atoms with Crippen molar-refractivity contribution in [3.63, 3.8) is 0 Å². The lowest BCUT2D eigenvalue weighted by atomic mass is 10.1. The molecule has 1 aliphatic carbocycles. The Bertz CT molecular complexity index is 1410. The molecule has 2 aromatic carbocycles. The van der Waals surface area contributed by atoms with E-state index in [4.69, 9.17) is 5.73 Å². The number of nitriles is 1. The molecule has 0 bridgehead atoms. The van der Waals surface area contributed by atoms with E-state index < -0.39 is 18.0 Å². The number of amides is 2. The number of anilines is 1. The fourth-order valence-electron chi connectivity index (χ4n) is 5.30. The first-order valence-corrected chi connectivity index (χ1v) is 12.8. The van der Waals surface area contributed by atoms with E-state index in [0.29, 0.717) is 36.3 Å². The molecule has 9 nitrogen and oxygen atoms in total. The minimum absolute atomic E-state index is 0.111. The number of aliphatic hydroxyl groups is 1. The first-order valence-electron chi connectivity index (χ1n) is 12.8. The van der Waals surface area contributed by atoms with Gasteiger partial charge in [-0.1, -0.05) is 6.07 Å². The molecule has 2 amide bonds. The number of nitrogens with one attached hydrogen (secondary N) is 1. The number of nitrogens with two attached hydrogens (primary N) is 1. The van der Waals surface area contributed by atoms with E-state index in [2.05, 4.69) is 16.5 Å². The Kier molecular flexibility index (Phi) is 7.11. The zero-order valence-corrected chi connectivity index (χ0v) is 20.9. The highest BCUT2D eigenvalue weighted by molar-refractivity contribution is 5.98. The van der Waals surface area contributed by atoms with Gasteiger partial charge in [-0.3, -0.25) is 9.59 Å². The third kappa shape index (κ3) is 4.97. The topological polar surface area (TPSA) is 137 Å². The first-order chi connectivity index (χ1) is 18.4. The van der Waals surface area contributed by atoms with Crippen molar-refractivity contribution in [2.75, 3.05) is 18.8 Å². The molecular formula is C28H29FN6O3. The van der Waals surface area contributed by atoms with Crippen molar-refractivity contribution in [2.24, 2.45) is 0 Å². The fourth-order valence-corrected chi connectivity index (χ4v) is 5.30. The predicted octanol–water partition coefficient (Wildman–Crippen LogP) is 2.28. The van der Waals surface area contributed by atoms with Crippen molar-refractivity contribution < 1.29 is 19.1 Å². The number of likely N-dealkylation sites (tertiary alicyclic amines) is 1. The van der Waals surface area contributed by atoms with Gasteiger partial charge in [-0.25, -0.2) is 9.07 Å². The molecule has 2 atom stereocenters. The number of hydrogen-bond acceptors (Lipinski definition) is 6. The average Bonchev–Trinajstić information content (AvgIpc) is 3.63. The second kappa shape index (κ2) is 10.6. The second-order valence-electron chi connectivity index (χ2n) is 9.80. The number of carbonyl (C=O) groups excluding carboxylic acids is 2. The molecule has 10 heteroatoms. The number of carbonyl (C=O) groups is 2. The maximum Gasteiger partial charge on any atom is 0.254 e. The van der Waals surface area contributed by atoms with Gasteiger partial charge in [-0.05, 0) is 79.6 Å². The number of hydrogen-bond donors (Lipinski definition) is 3. The summed E-state index contributed by atoms with van der Waals surface area (Å²) in [6.07, 6.45) is 3.33. The summed E-state index contributed by atoms with van der Waals surface area (Å²) >= 11 is 0. The monoisotopic (exact) mass is 516 g/mol. The molecule has 2 aliphatic rings. The van der Waals surface area contributed by atoms with Gasteiger partial charge in [0.15, 0.2) is 0 Å². The second-order valence-corrected chi connectivity index (χ2v) is 9.80. The minimum Gasteiger partial charge on any atom is -0.391 e. The van der Waals surface area contributed by atoms with Crippen molar-refractivity contribution in [1.82, 2.24) is 20.0 Å². The Labute approximate surface area is 219 Å². The molecule has 2 unspecified atom stereocenters. The summed E-state index contributed by atoms with van der Waals surface area (Å²) in [6.45, 7) is 0.403. The van der Waals surface area contributed by atoms with Gasteiger partial charge in [-0.2, -0.15) is 10.4 Å². The van der Waals surface area contributed by atoms with Gasteiger partial charge < -0.3 is 21.1 Å². The molecule has 0 radical (unpaired) electrons. The highest BCUT2D eigenvalue weighted by atomic mass is 19.1. The Morgan fingerprint density at radius 3 is 2.71 bits per heavy atom. The number of halogens is 1. The number of aliphatic hydroxyl groups excluding tert-OH is 1. The van der Waals surface area contributed by atoms with Crippen molar-refractivity contribution in [2.45, 2.75) is 50.7 Å². The third-order valence-corrected chi connectivity index (χ3v) is 7.25. The van der Waals surface area contributed by atoms with E-state index in [1.54, 1.807) is 6.07 Å². The van der Waals surface area contributed by atoms with Crippen LogP contribution in [0.15, 0.2) is 42.5 Å². The van der Waals surface area contributed by atoms with Crippen LogP contribution < -0.4 is 11.1 Å². The summed E-state index contributed by atoms with van der Waals surface area (Å²) in [5.74, 6) is -0.804. The maximum absolute atomic E-state index is 13.3. The Morgan fingerprint density at radius 1 is 1.18 bits per heavy atom. The molecule has 1 fully saturated rings. The summed E-state index contributed by atoms with van der Waals surface area (Å²) in [6, 6.07) is 12.6. The van der Waals surface area contributed by atoms with Gasteiger partial charge in [0.25, 0.3) is 5.91 Å². The van der Waals surface area contributed by atoms with E-state index >= 15 is 0 Å². The molecule has 38 heavy (non-hydrogen) atoms. The Balaban J connectivity index is 1.20. The molecule has 1 saturated heterocycles. The lowest BCUT2D eigenvalue weighted by molar-refractivity contribution is -0.124. The average molecular weight is 517 g/mol. The van der Waals surface area contributed by atoms with Crippen molar-refractivity contribution in [1.29, 1.82) is 5.26 Å². The number of aryl methyl sites for hydroxylation is 3. The SMILES string of the molecule is N#Cc1c(CCCNC(=O)C2CC(O)CN2C(=O)c2ccc3c(c2)CCC3)nn(-c2ccc(F)cc2)c1N. The van der Waals surface area contributed by atoms with Crippen molar-refractivity contribution in [3.05, 3.63) is 76.2 Å². The molecule has 5 rings (SSSR count). The zero-order chi connectivity index (χ0) is 26.8. The van der Waals surface area contributed by atoms with Crippen LogP contribution in [0.25, 0.3) is 5.69 Å². The van der Waals surface area contributed by atoms with Crippen LogP contribution in [-0.4, -0.2) is 56.8 Å². The smallest absolute Gasteiger partial charge is 0.254 e. The molecule has 0 saturated carbocycles. The van der Waals surface area contributed by atoms with Crippen LogP contribution in [0, 0.1) is 17.1 Å². The van der Waals surface area contributed by atoms with Crippen LogP contribution in [0.4, 0.5) is 10.2 Å². The molecule has 196 valence electrons. The normalized spacial score (nSPS) is 18.3. The molecule has 3 aromatic rings. The maximum atomic E-state index is 13.3. The van der Waals surface area contributed by atoms with Crippen molar-refractivity contribution in [3.8, 4) is 11.8 Å². The van der Waals surface area contributed by atoms with Gasteiger partial charge >= 0.3 is 0 Å². The molecule has 4 N–H and O–H groups in total. The van der Waals surface area contributed by atoms with Gasteiger partial charge in [0.1, 0.15) is 29.3 Å². The van der Waals surface area contributed by atoms with Crippen LogP contribution in [-0.2, 0) is 24.1 Å². The lowest BCUT2D eigenvalue weighted by Gasteiger charge is -2.24. The van der Waals surface area contributed by atoms with E-state index in [0.717, 1.165) is 19.3 Å². The lowest BCUT2D eigenvalue weighted by Crippen LogP contribution is -2.46. The van der Waals surface area contributed by atoms with Crippen molar-refractivity contribution >= 4 is 17.6 Å². The standard InChI is InChI=1S/C28H29FN6O3/c29-20-8-10-21(11-9-20)35-26(31)23(15-30)24(33-35)5-2-12-32-27(37)25-14-22(36)16-34(25)28(38)19-7-6-17-3-1-4-18(17)13-19/h6-11,13,22,25,36H,1-5,12,14,16,31H2,(H,32,37). The van der Waals surface area contributed by atoms with Gasteiger partial charge in [-0.15, -0.1) is 0 Å². The number of β-amino-alcohol motifs (C(OH)–C–C–N with tert-alkyl or cyclic N) is 1. The van der Waals surface area contributed by atoms with Gasteiger partial charge in [0.2, 0.25) is 5.91 Å². The van der Waals surface area contributed by atoms with Crippen LogP contribution in [0.1, 0.15) is 52.0 Å². The van der Waals surface area contributed by atoms with E-state index in [1.807, 2.05) is 12.1 Å². The van der Waals surface area contributed by atoms with E-state index in [-0.39, 0.29) is 36.2 Å². The molecule has 1 aliphatic heterocycles. The number of benzene rings is 2. The fraction of sp³-hybridized carbons (Fsp3) is 0.357. The number of nitrogens with zero attached hydrogens (tertiary/aromatic N) is 4. The summed E-state index contributed by atoms with van der Waals surface area (Å²) in [5.41, 5.74) is 10.3. The molecule has 0 spiro atoms. The molecular weight excluding hydrogens is 487 g/mol. The van der Waals surface area contributed by atoms with E-state index in [1.165, 1.54) is 45.0 Å². The highest BCUT2D eigenvalue weighted by Gasteiger charge is 2.39. The summed E-state index contributed by atoms with van der Waals surface area (Å²) in [7, 11) is 0. The molecule has 2 heterocycles. The van der Waals surface area contributed by atoms with Crippen LogP contribution in [0.3, 0.4) is 0 Å². The Hall–Kier alpha value is -4.23. The minimum atomic E-state index is -0.763. The Morgan fingerprint density at radius 2 is 1.95 bits per heavy atom. The number of fused-ring (bicyclic) bond motifs is 1. The first kappa shape index (κ1) is 25.4. The quantitative estimate of drug-likeness (QED) is 0.412. The largest absolute Gasteiger partial charge is 0.391 e. The van der Waals surface area contributed by atoms with Crippen LogP contribution >= 0.6 is 0 Å². The number of nitrogen functional groups attached to an aromatic ring is 1. The summed E-state index contributed by atoms with van der Waals surface area (Å²) < 4.78 is 14.7. The number of rotatable bonds is 7. The van der Waals surface area contributed by atoms with Crippen LogP contribution in [0.5, 0.6) is 0 Å². The van der Waals surface area contributed by atoms with Gasteiger partial charge in [0, 0.05) is 25.1 Å².